The Morgan fingerprint density at radius 2 is 2.06 bits per heavy atom. The zero-order valence-electron chi connectivity index (χ0n) is 8.64. The van der Waals surface area contributed by atoms with Crippen LogP contribution in [-0.2, 0) is 21.1 Å². The van der Waals surface area contributed by atoms with Crippen molar-refractivity contribution in [2.24, 2.45) is 0 Å². The summed E-state index contributed by atoms with van der Waals surface area (Å²) in [5.74, 6) is -0.677. The molecule has 3 rings (SSSR count). The largest absolute Gasteiger partial charge is 0.310 e. The third-order valence-electron chi connectivity index (χ3n) is 3.13. The van der Waals surface area contributed by atoms with E-state index in [1.54, 1.807) is 17.0 Å². The molecule has 0 aliphatic carbocycles. The Morgan fingerprint density at radius 3 is 2.88 bits per heavy atom. The molecule has 0 N–H and O–H groups in total. The van der Waals surface area contributed by atoms with Gasteiger partial charge >= 0.3 is 0 Å². The fraction of sp³-hybridized carbons (Fsp3) is 0.364. The normalized spacial score (nSPS) is 21.8. The molecule has 0 saturated carbocycles. The molecular weight excluding hydrogens is 226 g/mol. The number of anilines is 1. The maximum absolute atomic E-state index is 11.9. The van der Waals surface area contributed by atoms with Crippen molar-refractivity contribution < 1.29 is 13.2 Å². The Labute approximate surface area is 93.8 Å². The van der Waals surface area contributed by atoms with E-state index in [0.29, 0.717) is 17.1 Å². The van der Waals surface area contributed by atoms with E-state index < -0.39 is 9.84 Å². The van der Waals surface area contributed by atoms with E-state index in [4.69, 9.17) is 0 Å². The van der Waals surface area contributed by atoms with Gasteiger partial charge in [-0.15, -0.1) is 0 Å². The number of aryl methyl sites for hydroxylation is 1. The Kier molecular flexibility index (Phi) is 1.89. The first-order chi connectivity index (χ1) is 7.59. The topological polar surface area (TPSA) is 54.5 Å². The molecule has 2 heterocycles. The highest BCUT2D eigenvalue weighted by Crippen LogP contribution is 2.37. The van der Waals surface area contributed by atoms with Crippen LogP contribution in [0.5, 0.6) is 0 Å². The summed E-state index contributed by atoms with van der Waals surface area (Å²) in [6.45, 7) is 0.637. The van der Waals surface area contributed by atoms with Gasteiger partial charge < -0.3 is 4.90 Å². The van der Waals surface area contributed by atoms with Gasteiger partial charge in [0.05, 0.1) is 10.6 Å². The summed E-state index contributed by atoms with van der Waals surface area (Å²) in [6.07, 6.45) is 1.75. The van der Waals surface area contributed by atoms with Crippen molar-refractivity contribution in [2.45, 2.75) is 17.7 Å². The van der Waals surface area contributed by atoms with Crippen LogP contribution in [-0.4, -0.2) is 26.6 Å². The van der Waals surface area contributed by atoms with Crippen molar-refractivity contribution in [1.82, 2.24) is 0 Å². The molecule has 0 spiro atoms. The van der Waals surface area contributed by atoms with Crippen LogP contribution < -0.4 is 4.90 Å². The smallest absolute Gasteiger partial charge is 0.242 e. The number of nitrogens with zero attached hydrogens (tertiary/aromatic N) is 1. The predicted molar refractivity (Wildman–Crippen MR) is 59.2 cm³/mol. The van der Waals surface area contributed by atoms with Crippen LogP contribution >= 0.6 is 0 Å². The van der Waals surface area contributed by atoms with Crippen LogP contribution in [0, 0.1) is 0 Å². The molecule has 0 aromatic heterocycles. The minimum atomic E-state index is -3.41. The second kappa shape index (κ2) is 3.07. The number of amides is 1. The number of hydrogen-bond acceptors (Lipinski definition) is 3. The first-order valence-corrected chi connectivity index (χ1v) is 6.90. The van der Waals surface area contributed by atoms with Crippen molar-refractivity contribution in [2.75, 3.05) is 17.2 Å². The van der Waals surface area contributed by atoms with Crippen LogP contribution in [0.4, 0.5) is 5.69 Å². The molecular formula is C11H11NO3S. The van der Waals surface area contributed by atoms with Crippen LogP contribution in [0.3, 0.4) is 0 Å². The summed E-state index contributed by atoms with van der Waals surface area (Å²) in [5, 5.41) is 0. The zero-order valence-corrected chi connectivity index (χ0v) is 9.46. The maximum atomic E-state index is 11.9. The molecule has 16 heavy (non-hydrogen) atoms. The molecule has 0 fully saturated rings. The summed E-state index contributed by atoms with van der Waals surface area (Å²) >= 11 is 0. The number of carbonyl (C=O) groups is 1. The molecule has 2 aliphatic heterocycles. The van der Waals surface area contributed by atoms with Gasteiger partial charge in [-0.2, -0.15) is 0 Å². The second-order valence-corrected chi connectivity index (χ2v) is 6.13. The zero-order chi connectivity index (χ0) is 11.3. The average Bonchev–Trinajstić information content (AvgIpc) is 2.25. The average molecular weight is 237 g/mol. The Morgan fingerprint density at radius 1 is 1.25 bits per heavy atom. The van der Waals surface area contributed by atoms with Gasteiger partial charge in [0.2, 0.25) is 5.91 Å². The molecule has 0 bridgehead atoms. The molecule has 4 nitrogen and oxygen atoms in total. The minimum Gasteiger partial charge on any atom is -0.310 e. The van der Waals surface area contributed by atoms with Crippen LogP contribution in [0.25, 0.3) is 0 Å². The molecule has 1 amide bonds. The minimum absolute atomic E-state index is 0.292. The molecule has 0 radical (unpaired) electrons. The standard InChI is InChI=1S/C11H11NO3S/c13-10-7-16(14,15)9-5-1-3-8-4-2-6-12(10)11(8)9/h1,3,5H,2,4,6-7H2. The molecule has 84 valence electrons. The number of carbonyl (C=O) groups excluding carboxylic acids is 1. The van der Waals surface area contributed by atoms with Crippen LogP contribution in [0.1, 0.15) is 12.0 Å². The van der Waals surface area contributed by atoms with E-state index in [9.17, 15) is 13.2 Å². The number of benzene rings is 1. The van der Waals surface area contributed by atoms with Crippen molar-refractivity contribution in [3.8, 4) is 0 Å². The first kappa shape index (κ1) is 9.84. The van der Waals surface area contributed by atoms with Crippen LogP contribution in [0.15, 0.2) is 23.1 Å². The number of sulfone groups is 1. The van der Waals surface area contributed by atoms with Crippen molar-refractivity contribution >= 4 is 21.4 Å². The molecule has 2 aliphatic rings. The van der Waals surface area contributed by atoms with E-state index in [2.05, 4.69) is 0 Å². The highest BCUT2D eigenvalue weighted by molar-refractivity contribution is 7.92. The molecule has 0 atom stereocenters. The van der Waals surface area contributed by atoms with E-state index in [0.717, 1.165) is 18.4 Å². The highest BCUT2D eigenvalue weighted by atomic mass is 32.2. The summed E-state index contributed by atoms with van der Waals surface area (Å²) < 4.78 is 23.7. The second-order valence-electron chi connectivity index (χ2n) is 4.17. The number of hydrogen-bond donors (Lipinski definition) is 0. The molecule has 1 aromatic carbocycles. The summed E-state index contributed by atoms with van der Waals surface area (Å²) in [6, 6.07) is 5.25. The fourth-order valence-electron chi connectivity index (χ4n) is 2.43. The highest BCUT2D eigenvalue weighted by Gasteiger charge is 2.37. The van der Waals surface area contributed by atoms with Crippen LogP contribution in [0.2, 0.25) is 0 Å². The third-order valence-corrected chi connectivity index (χ3v) is 4.76. The molecule has 0 saturated heterocycles. The first-order valence-electron chi connectivity index (χ1n) is 5.24. The third kappa shape index (κ3) is 1.21. The van der Waals surface area contributed by atoms with Crippen molar-refractivity contribution in [3.63, 3.8) is 0 Å². The lowest BCUT2D eigenvalue weighted by Crippen LogP contribution is -2.43. The van der Waals surface area contributed by atoms with E-state index in [1.165, 1.54) is 0 Å². The predicted octanol–water partition coefficient (Wildman–Crippen LogP) is 0.753. The SMILES string of the molecule is O=C1CS(=O)(=O)c2cccc3c2N1CCC3. The molecule has 1 aromatic rings. The summed E-state index contributed by atoms with van der Waals surface area (Å²) in [5.41, 5.74) is 1.60. The monoisotopic (exact) mass is 237 g/mol. The lowest BCUT2D eigenvalue weighted by Gasteiger charge is -2.34. The van der Waals surface area contributed by atoms with E-state index in [1.807, 2.05) is 6.07 Å². The van der Waals surface area contributed by atoms with Gasteiger partial charge in [-0.1, -0.05) is 12.1 Å². The van der Waals surface area contributed by atoms with Gasteiger partial charge in [0.25, 0.3) is 0 Å². The van der Waals surface area contributed by atoms with Gasteiger partial charge in [0.1, 0.15) is 5.75 Å². The van der Waals surface area contributed by atoms with Gasteiger partial charge in [-0.3, -0.25) is 4.79 Å². The number of para-hydroxylation sites is 1. The van der Waals surface area contributed by atoms with E-state index >= 15 is 0 Å². The summed E-state index contributed by atoms with van der Waals surface area (Å²) in [7, 11) is -3.41. The molecule has 5 heteroatoms. The van der Waals surface area contributed by atoms with Crippen molar-refractivity contribution in [3.05, 3.63) is 23.8 Å². The van der Waals surface area contributed by atoms with E-state index in [-0.39, 0.29) is 11.7 Å². The van der Waals surface area contributed by atoms with Crippen molar-refractivity contribution in [1.29, 1.82) is 0 Å². The van der Waals surface area contributed by atoms with Gasteiger partial charge in [0, 0.05) is 6.54 Å². The Balaban J connectivity index is 2.36. The molecule has 0 unspecified atom stereocenters. The lowest BCUT2D eigenvalue weighted by atomic mass is 10.0. The fourth-order valence-corrected chi connectivity index (χ4v) is 3.89. The summed E-state index contributed by atoms with van der Waals surface area (Å²) in [4.78, 5) is 13.7. The van der Waals surface area contributed by atoms with Gasteiger partial charge in [-0.05, 0) is 24.5 Å². The lowest BCUT2D eigenvalue weighted by molar-refractivity contribution is -0.116. The Hall–Kier alpha value is -1.36. The maximum Gasteiger partial charge on any atom is 0.242 e. The van der Waals surface area contributed by atoms with Gasteiger partial charge in [0.15, 0.2) is 9.84 Å². The van der Waals surface area contributed by atoms with Gasteiger partial charge in [-0.25, -0.2) is 8.42 Å². The Bertz CT molecular complexity index is 577. The number of rotatable bonds is 0. The quantitative estimate of drug-likeness (QED) is 0.669.